The highest BCUT2D eigenvalue weighted by molar-refractivity contribution is 5.93. The van der Waals surface area contributed by atoms with E-state index in [4.69, 9.17) is 5.73 Å². The highest BCUT2D eigenvalue weighted by Gasteiger charge is 2.58. The van der Waals surface area contributed by atoms with Crippen LogP contribution in [0.2, 0.25) is 0 Å². The van der Waals surface area contributed by atoms with Crippen molar-refractivity contribution < 1.29 is 31.5 Å². The van der Waals surface area contributed by atoms with Crippen molar-refractivity contribution in [1.82, 2.24) is 10.2 Å². The maximum absolute atomic E-state index is 12.5. The molecular formula is C7H6F5N3O2. The molecule has 0 radical (unpaired) electrons. The summed E-state index contributed by atoms with van der Waals surface area (Å²) in [6.07, 6.45) is -4.89. The normalized spacial score (nSPS) is 12.5. The zero-order valence-electron chi connectivity index (χ0n) is 8.02. The molecule has 0 aliphatic rings. The first-order chi connectivity index (χ1) is 7.65. The standard InChI is InChI=1S/C7H6F5N3O2/c8-6(9,7(10,11)12)2-17-3-1-14-15-4(3)5(13)16/h1H,2H2,(H2,13,16)(H,14,15). The van der Waals surface area contributed by atoms with Crippen LogP contribution < -0.4 is 10.5 Å². The quantitative estimate of drug-likeness (QED) is 0.794. The van der Waals surface area contributed by atoms with Gasteiger partial charge in [0, 0.05) is 0 Å². The number of hydrogen-bond donors (Lipinski definition) is 2. The number of nitrogens with one attached hydrogen (secondary N) is 1. The Morgan fingerprint density at radius 3 is 2.47 bits per heavy atom. The van der Waals surface area contributed by atoms with Crippen LogP contribution in [0.3, 0.4) is 0 Å². The zero-order chi connectivity index (χ0) is 13.3. The lowest BCUT2D eigenvalue weighted by Gasteiger charge is -2.19. The lowest BCUT2D eigenvalue weighted by molar-refractivity contribution is -0.290. The summed E-state index contributed by atoms with van der Waals surface area (Å²) in [6, 6.07) is 0. The van der Waals surface area contributed by atoms with Gasteiger partial charge in [0.25, 0.3) is 5.91 Å². The molecule has 0 bridgehead atoms. The van der Waals surface area contributed by atoms with Crippen molar-refractivity contribution in [1.29, 1.82) is 0 Å². The average molecular weight is 259 g/mol. The first-order valence-corrected chi connectivity index (χ1v) is 4.06. The van der Waals surface area contributed by atoms with E-state index in [2.05, 4.69) is 14.9 Å². The number of nitrogens with two attached hydrogens (primary N) is 1. The third kappa shape index (κ3) is 2.82. The third-order valence-electron chi connectivity index (χ3n) is 1.66. The first-order valence-electron chi connectivity index (χ1n) is 4.06. The number of rotatable bonds is 4. The third-order valence-corrected chi connectivity index (χ3v) is 1.66. The summed E-state index contributed by atoms with van der Waals surface area (Å²) < 4.78 is 64.4. The molecule has 0 spiro atoms. The van der Waals surface area contributed by atoms with Gasteiger partial charge < -0.3 is 10.5 Å². The van der Waals surface area contributed by atoms with Crippen molar-refractivity contribution in [2.45, 2.75) is 12.1 Å². The lowest BCUT2D eigenvalue weighted by atomic mass is 10.3. The minimum Gasteiger partial charge on any atom is -0.483 e. The maximum atomic E-state index is 12.5. The summed E-state index contributed by atoms with van der Waals surface area (Å²) in [5.41, 5.74) is 4.22. The number of ether oxygens (including phenoxy) is 1. The van der Waals surface area contributed by atoms with Gasteiger partial charge in [-0.1, -0.05) is 0 Å². The Bertz CT molecular complexity index is 414. The van der Waals surface area contributed by atoms with Crippen molar-refractivity contribution in [3.63, 3.8) is 0 Å². The molecule has 0 aliphatic carbocycles. The molecule has 0 atom stereocenters. The number of halogens is 5. The lowest BCUT2D eigenvalue weighted by Crippen LogP contribution is -2.41. The smallest absolute Gasteiger partial charge is 0.456 e. The van der Waals surface area contributed by atoms with E-state index in [1.54, 1.807) is 0 Å². The molecule has 0 saturated carbocycles. The molecule has 17 heavy (non-hydrogen) atoms. The molecule has 1 rings (SSSR count). The van der Waals surface area contributed by atoms with Crippen LogP contribution in [0, 0.1) is 0 Å². The molecule has 96 valence electrons. The summed E-state index contributed by atoms with van der Waals surface area (Å²) >= 11 is 0. The second kappa shape index (κ2) is 4.18. The molecule has 1 amide bonds. The van der Waals surface area contributed by atoms with E-state index in [9.17, 15) is 26.7 Å². The number of alkyl halides is 5. The molecule has 10 heteroatoms. The Hall–Kier alpha value is -1.87. The largest absolute Gasteiger partial charge is 0.483 e. The van der Waals surface area contributed by atoms with Crippen molar-refractivity contribution in [2.75, 3.05) is 6.61 Å². The molecule has 5 nitrogen and oxygen atoms in total. The van der Waals surface area contributed by atoms with Crippen LogP contribution in [0.25, 0.3) is 0 Å². The van der Waals surface area contributed by atoms with Gasteiger partial charge in [-0.05, 0) is 0 Å². The van der Waals surface area contributed by atoms with Crippen LogP contribution in [0.15, 0.2) is 6.20 Å². The maximum Gasteiger partial charge on any atom is 0.456 e. The van der Waals surface area contributed by atoms with Crippen LogP contribution in [0.4, 0.5) is 22.0 Å². The van der Waals surface area contributed by atoms with Gasteiger partial charge in [0.15, 0.2) is 18.1 Å². The number of nitrogens with zero attached hydrogens (tertiary/aromatic N) is 1. The summed E-state index contributed by atoms with van der Waals surface area (Å²) in [6.45, 7) is -1.96. The van der Waals surface area contributed by atoms with E-state index in [1.165, 1.54) is 0 Å². The molecule has 3 N–H and O–H groups in total. The van der Waals surface area contributed by atoms with Crippen molar-refractivity contribution >= 4 is 5.91 Å². The number of primary amides is 1. The fourth-order valence-corrected chi connectivity index (χ4v) is 0.816. The topological polar surface area (TPSA) is 81.0 Å². The molecular weight excluding hydrogens is 253 g/mol. The molecule has 0 fully saturated rings. The van der Waals surface area contributed by atoms with Gasteiger partial charge in [0.2, 0.25) is 0 Å². The Kier molecular flexibility index (Phi) is 3.25. The second-order valence-corrected chi connectivity index (χ2v) is 2.95. The van der Waals surface area contributed by atoms with E-state index in [-0.39, 0.29) is 0 Å². The highest BCUT2D eigenvalue weighted by Crippen LogP contribution is 2.35. The van der Waals surface area contributed by atoms with Gasteiger partial charge in [-0.3, -0.25) is 9.89 Å². The molecule has 0 unspecified atom stereocenters. The second-order valence-electron chi connectivity index (χ2n) is 2.95. The summed E-state index contributed by atoms with van der Waals surface area (Å²) in [7, 11) is 0. The van der Waals surface area contributed by atoms with E-state index in [0.717, 1.165) is 6.20 Å². The monoisotopic (exact) mass is 259 g/mol. The molecule has 0 aliphatic heterocycles. The first kappa shape index (κ1) is 13.2. The van der Waals surface area contributed by atoms with E-state index in [1.807, 2.05) is 0 Å². The van der Waals surface area contributed by atoms with Gasteiger partial charge in [-0.2, -0.15) is 27.1 Å². The SMILES string of the molecule is NC(=O)c1n[nH]cc1OCC(F)(F)C(F)(F)F. The van der Waals surface area contributed by atoms with Crippen molar-refractivity contribution in [3.05, 3.63) is 11.9 Å². The van der Waals surface area contributed by atoms with Gasteiger partial charge in [-0.25, -0.2) is 0 Å². The van der Waals surface area contributed by atoms with Gasteiger partial charge >= 0.3 is 12.1 Å². The molecule has 1 aromatic rings. The zero-order valence-corrected chi connectivity index (χ0v) is 8.02. The fourth-order valence-electron chi connectivity index (χ4n) is 0.816. The average Bonchev–Trinajstić information content (AvgIpc) is 2.60. The number of aromatic amines is 1. The number of carbonyl (C=O) groups excluding carboxylic acids is 1. The van der Waals surface area contributed by atoms with Gasteiger partial charge in [-0.15, -0.1) is 0 Å². The summed E-state index contributed by atoms with van der Waals surface area (Å²) in [5, 5.41) is 5.28. The molecule has 1 heterocycles. The number of H-pyrrole nitrogens is 1. The number of aromatic nitrogens is 2. The van der Waals surface area contributed by atoms with Crippen LogP contribution >= 0.6 is 0 Å². The Morgan fingerprint density at radius 1 is 1.41 bits per heavy atom. The van der Waals surface area contributed by atoms with Gasteiger partial charge in [0.05, 0.1) is 6.20 Å². The van der Waals surface area contributed by atoms with E-state index in [0.29, 0.717) is 0 Å². The minimum absolute atomic E-state index is 0.553. The number of carbonyl (C=O) groups is 1. The Morgan fingerprint density at radius 2 is 2.00 bits per heavy atom. The van der Waals surface area contributed by atoms with E-state index < -0.39 is 36.1 Å². The molecule has 0 aromatic carbocycles. The Labute approximate surface area is 90.7 Å². The Balaban J connectivity index is 2.74. The fraction of sp³-hybridized carbons (Fsp3) is 0.429. The van der Waals surface area contributed by atoms with Crippen molar-refractivity contribution in [3.8, 4) is 5.75 Å². The predicted molar refractivity (Wildman–Crippen MR) is 43.6 cm³/mol. The minimum atomic E-state index is -5.73. The summed E-state index contributed by atoms with van der Waals surface area (Å²) in [4.78, 5) is 10.7. The summed E-state index contributed by atoms with van der Waals surface area (Å²) in [5.74, 6) is -6.71. The van der Waals surface area contributed by atoms with Crippen molar-refractivity contribution in [2.24, 2.45) is 5.73 Å². The highest BCUT2D eigenvalue weighted by atomic mass is 19.4. The molecule has 1 aromatic heterocycles. The predicted octanol–water partition coefficient (Wildman–Crippen LogP) is 1.08. The molecule has 0 saturated heterocycles. The number of amides is 1. The van der Waals surface area contributed by atoms with Crippen LogP contribution in [0.5, 0.6) is 5.75 Å². The van der Waals surface area contributed by atoms with Crippen LogP contribution in [0.1, 0.15) is 10.5 Å². The van der Waals surface area contributed by atoms with Crippen LogP contribution in [-0.4, -0.2) is 34.8 Å². The van der Waals surface area contributed by atoms with Crippen LogP contribution in [-0.2, 0) is 0 Å². The van der Waals surface area contributed by atoms with Gasteiger partial charge in [0.1, 0.15) is 0 Å². The van der Waals surface area contributed by atoms with E-state index >= 15 is 0 Å². The number of hydrogen-bond acceptors (Lipinski definition) is 3.